The van der Waals surface area contributed by atoms with E-state index in [9.17, 15) is 9.59 Å². The summed E-state index contributed by atoms with van der Waals surface area (Å²) < 4.78 is 22.3. The summed E-state index contributed by atoms with van der Waals surface area (Å²) in [6.45, 7) is 15.6. The maximum atomic E-state index is 12.7. The molecule has 1 aromatic carbocycles. The number of ether oxygens (including phenoxy) is 4. The second kappa shape index (κ2) is 14.2. The van der Waals surface area contributed by atoms with Gasteiger partial charge in [-0.25, -0.2) is 9.59 Å². The third-order valence-corrected chi connectivity index (χ3v) is 7.74. The smallest absolute Gasteiger partial charge is 0.410 e. The highest BCUT2D eigenvalue weighted by Gasteiger charge is 2.32. The zero-order chi connectivity index (χ0) is 28.6. The van der Waals surface area contributed by atoms with Crippen LogP contribution in [0.15, 0.2) is 12.1 Å². The minimum absolute atomic E-state index is 0.155. The van der Waals surface area contributed by atoms with E-state index in [0.29, 0.717) is 24.0 Å². The molecule has 1 aromatic rings. The quantitative estimate of drug-likeness (QED) is 0.303. The van der Waals surface area contributed by atoms with Crippen LogP contribution in [-0.2, 0) is 14.2 Å². The number of morpholine rings is 1. The van der Waals surface area contributed by atoms with Gasteiger partial charge in [0.2, 0.25) is 0 Å². The zero-order valence-electron chi connectivity index (χ0n) is 25.1. The van der Waals surface area contributed by atoms with E-state index in [2.05, 4.69) is 22.8 Å². The Labute approximate surface area is 234 Å². The van der Waals surface area contributed by atoms with Crippen molar-refractivity contribution in [1.29, 1.82) is 0 Å². The third kappa shape index (κ3) is 8.73. The Hall–Kier alpha value is -2.52. The molecule has 9 heteroatoms. The summed E-state index contributed by atoms with van der Waals surface area (Å²) in [6.07, 6.45) is 4.33. The predicted octanol–water partition coefficient (Wildman–Crippen LogP) is 4.89. The molecule has 0 radical (unpaired) electrons. The number of esters is 1. The molecule has 0 unspecified atom stereocenters. The fourth-order valence-corrected chi connectivity index (χ4v) is 5.55. The van der Waals surface area contributed by atoms with Crippen molar-refractivity contribution in [2.24, 2.45) is 0 Å². The molecule has 39 heavy (non-hydrogen) atoms. The van der Waals surface area contributed by atoms with Crippen molar-refractivity contribution in [2.45, 2.75) is 84.4 Å². The van der Waals surface area contributed by atoms with Gasteiger partial charge in [0.05, 0.1) is 32.5 Å². The molecule has 220 valence electrons. The summed E-state index contributed by atoms with van der Waals surface area (Å²) in [4.78, 5) is 31.8. The average Bonchev–Trinajstić information content (AvgIpc) is 2.92. The number of anilines is 1. The molecule has 0 aromatic heterocycles. The van der Waals surface area contributed by atoms with E-state index in [1.807, 2.05) is 34.7 Å². The van der Waals surface area contributed by atoms with Gasteiger partial charge in [-0.3, -0.25) is 4.90 Å². The first-order valence-corrected chi connectivity index (χ1v) is 14.4. The molecule has 1 heterocycles. The molecule has 1 aliphatic heterocycles. The highest BCUT2D eigenvalue weighted by atomic mass is 16.6. The van der Waals surface area contributed by atoms with Gasteiger partial charge in [0.15, 0.2) is 0 Å². The van der Waals surface area contributed by atoms with Gasteiger partial charge in [0, 0.05) is 57.1 Å². The average molecular weight is 548 g/mol. The maximum absolute atomic E-state index is 12.7. The molecular weight excluding hydrogens is 498 g/mol. The first-order chi connectivity index (χ1) is 18.5. The van der Waals surface area contributed by atoms with Crippen molar-refractivity contribution in [3.8, 4) is 5.75 Å². The molecule has 1 amide bonds. The van der Waals surface area contributed by atoms with E-state index in [-0.39, 0.29) is 18.1 Å². The van der Waals surface area contributed by atoms with Gasteiger partial charge >= 0.3 is 12.1 Å². The summed E-state index contributed by atoms with van der Waals surface area (Å²) in [5.74, 6) is 0.334. The Morgan fingerprint density at radius 2 is 1.72 bits per heavy atom. The van der Waals surface area contributed by atoms with Gasteiger partial charge < -0.3 is 28.7 Å². The van der Waals surface area contributed by atoms with E-state index in [1.54, 1.807) is 11.0 Å². The van der Waals surface area contributed by atoms with Gasteiger partial charge in [0.25, 0.3) is 0 Å². The predicted molar refractivity (Wildman–Crippen MR) is 153 cm³/mol. The largest absolute Gasteiger partial charge is 0.493 e. The second-order valence-corrected chi connectivity index (χ2v) is 11.6. The summed E-state index contributed by atoms with van der Waals surface area (Å²) in [6, 6.07) is 4.33. The molecule has 9 nitrogen and oxygen atoms in total. The number of carbonyl (C=O) groups excluding carboxylic acids is 2. The van der Waals surface area contributed by atoms with Crippen LogP contribution in [0.25, 0.3) is 0 Å². The lowest BCUT2D eigenvalue weighted by Gasteiger charge is -2.41. The van der Waals surface area contributed by atoms with E-state index in [4.69, 9.17) is 18.9 Å². The van der Waals surface area contributed by atoms with Crippen LogP contribution in [0.1, 0.15) is 75.7 Å². The van der Waals surface area contributed by atoms with Crippen LogP contribution in [0, 0.1) is 6.92 Å². The number of nitrogens with zero attached hydrogens (tertiary/aromatic N) is 3. The Bertz CT molecular complexity index is 949. The third-order valence-electron chi connectivity index (χ3n) is 7.74. The fraction of sp³-hybridized carbons (Fsp3) is 0.733. The van der Waals surface area contributed by atoms with Crippen molar-refractivity contribution in [1.82, 2.24) is 9.80 Å². The van der Waals surface area contributed by atoms with E-state index >= 15 is 0 Å². The summed E-state index contributed by atoms with van der Waals surface area (Å²) >= 11 is 0. The first kappa shape index (κ1) is 31.0. The van der Waals surface area contributed by atoms with Gasteiger partial charge in [-0.1, -0.05) is 0 Å². The SMILES string of the molecule is CCN(c1cc(OCCCN2CCOCC2)cc(C(=O)OC)c1C)C1CCC(N(C)C(=O)OC(C)(C)C)CC1. The Kier molecular flexibility index (Phi) is 11.3. The van der Waals surface area contributed by atoms with Crippen LogP contribution < -0.4 is 9.64 Å². The summed E-state index contributed by atoms with van der Waals surface area (Å²) in [7, 11) is 3.25. The second-order valence-electron chi connectivity index (χ2n) is 11.6. The zero-order valence-corrected chi connectivity index (χ0v) is 25.1. The number of benzene rings is 1. The van der Waals surface area contributed by atoms with Crippen LogP contribution in [0.2, 0.25) is 0 Å². The highest BCUT2D eigenvalue weighted by Crippen LogP contribution is 2.35. The molecule has 2 fully saturated rings. The topological polar surface area (TPSA) is 80.8 Å². The molecule has 0 N–H and O–H groups in total. The van der Waals surface area contributed by atoms with Gasteiger partial charge in [-0.2, -0.15) is 0 Å². The monoisotopic (exact) mass is 547 g/mol. The van der Waals surface area contributed by atoms with Crippen molar-refractivity contribution in [3.05, 3.63) is 23.3 Å². The molecule has 1 saturated heterocycles. The minimum Gasteiger partial charge on any atom is -0.493 e. The normalized spacial score (nSPS) is 20.3. The van der Waals surface area contributed by atoms with Gasteiger partial charge in [-0.15, -0.1) is 0 Å². The van der Waals surface area contributed by atoms with E-state index in [1.165, 1.54) is 7.11 Å². The standard InChI is InChI=1S/C30H49N3O6/c1-8-33(24-12-10-23(11-13-24)31(6)29(35)39-30(3,4)5)27-21-25(20-26(22(27)2)28(34)36-7)38-17-9-14-32-15-18-37-19-16-32/h20-21,23-24H,8-19H2,1-7H3. The highest BCUT2D eigenvalue weighted by molar-refractivity contribution is 5.93. The van der Waals surface area contributed by atoms with Crippen LogP contribution in [-0.4, -0.2) is 99.7 Å². The number of carbonyl (C=O) groups is 2. The molecule has 0 bridgehead atoms. The Morgan fingerprint density at radius 1 is 1.08 bits per heavy atom. The summed E-state index contributed by atoms with van der Waals surface area (Å²) in [5, 5.41) is 0. The number of amides is 1. The lowest BCUT2D eigenvalue weighted by Crippen LogP contribution is -2.46. The number of rotatable bonds is 10. The summed E-state index contributed by atoms with van der Waals surface area (Å²) in [5.41, 5.74) is 1.94. The van der Waals surface area contributed by atoms with Crippen LogP contribution in [0.4, 0.5) is 10.5 Å². The molecular formula is C30H49N3O6. The Morgan fingerprint density at radius 3 is 2.31 bits per heavy atom. The fourth-order valence-electron chi connectivity index (χ4n) is 5.55. The molecule has 0 spiro atoms. The van der Waals surface area contributed by atoms with E-state index < -0.39 is 5.60 Å². The van der Waals surface area contributed by atoms with Crippen molar-refractivity contribution < 1.29 is 28.5 Å². The van der Waals surface area contributed by atoms with Crippen LogP contribution >= 0.6 is 0 Å². The molecule has 1 saturated carbocycles. The lowest BCUT2D eigenvalue weighted by molar-refractivity contribution is 0.0182. The maximum Gasteiger partial charge on any atom is 0.410 e. The van der Waals surface area contributed by atoms with Gasteiger partial charge in [0.1, 0.15) is 11.4 Å². The minimum atomic E-state index is -0.508. The first-order valence-electron chi connectivity index (χ1n) is 14.4. The molecule has 2 aliphatic rings. The van der Waals surface area contributed by atoms with Crippen molar-refractivity contribution in [3.63, 3.8) is 0 Å². The molecule has 1 aliphatic carbocycles. The van der Waals surface area contributed by atoms with Crippen LogP contribution in [0.3, 0.4) is 0 Å². The lowest BCUT2D eigenvalue weighted by atomic mass is 9.88. The Balaban J connectivity index is 1.69. The van der Waals surface area contributed by atoms with Crippen molar-refractivity contribution in [2.75, 3.05) is 65.1 Å². The molecule has 3 rings (SSSR count). The number of methoxy groups -OCH3 is 1. The van der Waals surface area contributed by atoms with Crippen molar-refractivity contribution >= 4 is 17.7 Å². The van der Waals surface area contributed by atoms with Crippen LogP contribution in [0.5, 0.6) is 5.75 Å². The number of hydrogen-bond acceptors (Lipinski definition) is 8. The number of hydrogen-bond donors (Lipinski definition) is 0. The molecule has 0 atom stereocenters. The van der Waals surface area contributed by atoms with E-state index in [0.717, 1.165) is 82.7 Å². The van der Waals surface area contributed by atoms with Gasteiger partial charge in [-0.05, 0) is 78.4 Å².